The van der Waals surface area contributed by atoms with Gasteiger partial charge in [0.2, 0.25) is 11.7 Å². The number of rotatable bonds is 5. The fourth-order valence-electron chi connectivity index (χ4n) is 2.25. The number of aromatic nitrogens is 4. The molecular formula is C17H16N6O. The van der Waals surface area contributed by atoms with Gasteiger partial charge in [-0.1, -0.05) is 19.0 Å². The van der Waals surface area contributed by atoms with Crippen molar-refractivity contribution in [1.82, 2.24) is 20.1 Å². The van der Waals surface area contributed by atoms with Crippen LogP contribution in [0.2, 0.25) is 0 Å². The van der Waals surface area contributed by atoms with Crippen LogP contribution in [-0.4, -0.2) is 20.1 Å². The highest BCUT2D eigenvalue weighted by molar-refractivity contribution is 5.54. The van der Waals surface area contributed by atoms with Crippen molar-refractivity contribution in [1.29, 1.82) is 5.26 Å². The molecule has 7 heteroatoms. The summed E-state index contributed by atoms with van der Waals surface area (Å²) in [4.78, 5) is 12.7. The molecule has 1 atom stereocenters. The Kier molecular flexibility index (Phi) is 4.47. The minimum Gasteiger partial charge on any atom is -0.357 e. The van der Waals surface area contributed by atoms with E-state index < -0.39 is 0 Å². The summed E-state index contributed by atoms with van der Waals surface area (Å²) in [7, 11) is 0. The molecule has 0 spiro atoms. The van der Waals surface area contributed by atoms with Crippen LogP contribution in [0, 0.1) is 17.2 Å². The lowest BCUT2D eigenvalue weighted by molar-refractivity contribution is 0.335. The second-order valence-corrected chi connectivity index (χ2v) is 5.57. The van der Waals surface area contributed by atoms with Crippen molar-refractivity contribution in [3.63, 3.8) is 0 Å². The molecule has 120 valence electrons. The van der Waals surface area contributed by atoms with Crippen molar-refractivity contribution in [3.8, 4) is 17.5 Å². The molecule has 0 aliphatic heterocycles. The van der Waals surface area contributed by atoms with E-state index in [2.05, 4.69) is 31.5 Å². The SMILES string of the molecule is CC(C)C(Nc1ncccc1C#N)c1nc(-c2ccncc2)no1. The Hall–Kier alpha value is -3.27. The average molecular weight is 320 g/mol. The van der Waals surface area contributed by atoms with Gasteiger partial charge < -0.3 is 9.84 Å². The average Bonchev–Trinajstić information content (AvgIpc) is 3.10. The zero-order chi connectivity index (χ0) is 16.9. The van der Waals surface area contributed by atoms with Crippen LogP contribution in [0.25, 0.3) is 11.4 Å². The highest BCUT2D eigenvalue weighted by Crippen LogP contribution is 2.27. The van der Waals surface area contributed by atoms with E-state index in [9.17, 15) is 5.26 Å². The first-order valence-corrected chi connectivity index (χ1v) is 7.54. The molecule has 0 amide bonds. The lowest BCUT2D eigenvalue weighted by Crippen LogP contribution is -2.18. The van der Waals surface area contributed by atoms with Crippen molar-refractivity contribution in [3.05, 3.63) is 54.3 Å². The van der Waals surface area contributed by atoms with E-state index in [4.69, 9.17) is 4.52 Å². The number of nitrogens with one attached hydrogen (secondary N) is 1. The quantitative estimate of drug-likeness (QED) is 0.770. The van der Waals surface area contributed by atoms with E-state index in [0.717, 1.165) is 5.56 Å². The van der Waals surface area contributed by atoms with Gasteiger partial charge in [0.25, 0.3) is 0 Å². The third-order valence-electron chi connectivity index (χ3n) is 3.53. The Labute approximate surface area is 139 Å². The van der Waals surface area contributed by atoms with E-state index in [1.54, 1.807) is 30.7 Å². The van der Waals surface area contributed by atoms with Crippen LogP contribution in [0.5, 0.6) is 0 Å². The van der Waals surface area contributed by atoms with Gasteiger partial charge in [0.1, 0.15) is 17.9 Å². The van der Waals surface area contributed by atoms with Gasteiger partial charge in [-0.3, -0.25) is 4.98 Å². The van der Waals surface area contributed by atoms with Gasteiger partial charge in [-0.2, -0.15) is 10.2 Å². The largest absolute Gasteiger partial charge is 0.357 e. The van der Waals surface area contributed by atoms with E-state index in [0.29, 0.717) is 23.1 Å². The van der Waals surface area contributed by atoms with Crippen LogP contribution in [0.1, 0.15) is 31.3 Å². The summed E-state index contributed by atoms with van der Waals surface area (Å²) >= 11 is 0. The third-order valence-corrected chi connectivity index (χ3v) is 3.53. The van der Waals surface area contributed by atoms with E-state index in [1.165, 1.54) is 0 Å². The maximum absolute atomic E-state index is 9.21. The van der Waals surface area contributed by atoms with Crippen LogP contribution in [0.3, 0.4) is 0 Å². The maximum atomic E-state index is 9.21. The molecule has 0 bridgehead atoms. The monoisotopic (exact) mass is 320 g/mol. The molecule has 1 N–H and O–H groups in total. The Morgan fingerprint density at radius 1 is 1.17 bits per heavy atom. The summed E-state index contributed by atoms with van der Waals surface area (Å²) in [6.07, 6.45) is 4.99. The van der Waals surface area contributed by atoms with Gasteiger partial charge in [0.15, 0.2) is 0 Å². The number of anilines is 1. The van der Waals surface area contributed by atoms with Gasteiger partial charge >= 0.3 is 0 Å². The predicted octanol–water partition coefficient (Wildman–Crippen LogP) is 3.21. The lowest BCUT2D eigenvalue weighted by Gasteiger charge is -2.19. The molecule has 0 saturated carbocycles. The lowest BCUT2D eigenvalue weighted by atomic mass is 10.0. The normalized spacial score (nSPS) is 11.9. The Morgan fingerprint density at radius 2 is 1.96 bits per heavy atom. The zero-order valence-electron chi connectivity index (χ0n) is 13.3. The highest BCUT2D eigenvalue weighted by atomic mass is 16.5. The predicted molar refractivity (Wildman–Crippen MR) is 87.7 cm³/mol. The second-order valence-electron chi connectivity index (χ2n) is 5.57. The molecule has 3 aromatic heterocycles. The summed E-state index contributed by atoms with van der Waals surface area (Å²) in [6, 6.07) is 8.94. The number of pyridine rings is 2. The minimum atomic E-state index is -0.255. The van der Waals surface area contributed by atoms with Crippen LogP contribution in [-0.2, 0) is 0 Å². The maximum Gasteiger partial charge on any atom is 0.249 e. The van der Waals surface area contributed by atoms with Crippen LogP contribution in [0.15, 0.2) is 47.4 Å². The van der Waals surface area contributed by atoms with Gasteiger partial charge in [-0.15, -0.1) is 0 Å². The van der Waals surface area contributed by atoms with Gasteiger partial charge in [-0.25, -0.2) is 4.98 Å². The molecule has 0 radical (unpaired) electrons. The van der Waals surface area contributed by atoms with Gasteiger partial charge in [0.05, 0.1) is 5.56 Å². The van der Waals surface area contributed by atoms with Crippen molar-refractivity contribution in [2.24, 2.45) is 5.92 Å². The molecule has 0 saturated heterocycles. The van der Waals surface area contributed by atoms with Gasteiger partial charge in [-0.05, 0) is 30.2 Å². The van der Waals surface area contributed by atoms with Crippen LogP contribution in [0.4, 0.5) is 5.82 Å². The molecule has 3 aromatic rings. The molecule has 3 rings (SSSR count). The summed E-state index contributed by atoms with van der Waals surface area (Å²) in [5.41, 5.74) is 1.30. The van der Waals surface area contributed by atoms with Crippen molar-refractivity contribution in [2.45, 2.75) is 19.9 Å². The first-order valence-electron chi connectivity index (χ1n) is 7.54. The molecule has 0 aromatic carbocycles. The smallest absolute Gasteiger partial charge is 0.249 e. The van der Waals surface area contributed by atoms with E-state index in [-0.39, 0.29) is 12.0 Å². The molecule has 1 unspecified atom stereocenters. The number of nitrogens with zero attached hydrogens (tertiary/aromatic N) is 5. The second kappa shape index (κ2) is 6.87. The van der Waals surface area contributed by atoms with E-state index >= 15 is 0 Å². The Balaban J connectivity index is 1.90. The summed E-state index contributed by atoms with van der Waals surface area (Å²) < 4.78 is 5.43. The molecule has 24 heavy (non-hydrogen) atoms. The third kappa shape index (κ3) is 3.22. The van der Waals surface area contributed by atoms with Gasteiger partial charge in [0, 0.05) is 24.2 Å². The Bertz CT molecular complexity index is 853. The molecular weight excluding hydrogens is 304 g/mol. The molecule has 3 heterocycles. The fraction of sp³-hybridized carbons (Fsp3) is 0.235. The van der Waals surface area contributed by atoms with Crippen molar-refractivity contribution >= 4 is 5.82 Å². The fourth-order valence-corrected chi connectivity index (χ4v) is 2.25. The molecule has 0 fully saturated rings. The number of nitriles is 1. The summed E-state index contributed by atoms with van der Waals surface area (Å²) in [5.74, 6) is 1.61. The molecule has 0 aliphatic rings. The van der Waals surface area contributed by atoms with Crippen LogP contribution < -0.4 is 5.32 Å². The highest BCUT2D eigenvalue weighted by Gasteiger charge is 2.24. The molecule has 0 aliphatic carbocycles. The van der Waals surface area contributed by atoms with Crippen LogP contribution >= 0.6 is 0 Å². The first-order chi connectivity index (χ1) is 11.7. The first kappa shape index (κ1) is 15.6. The standard InChI is InChI=1S/C17H16N6O/c1-11(2)14(21-15-13(10-18)4-3-7-20-15)17-22-16(23-24-17)12-5-8-19-9-6-12/h3-9,11,14H,1-2H3,(H,20,21). The zero-order valence-corrected chi connectivity index (χ0v) is 13.3. The topological polar surface area (TPSA) is 101 Å². The van der Waals surface area contributed by atoms with E-state index in [1.807, 2.05) is 26.0 Å². The summed E-state index contributed by atoms with van der Waals surface area (Å²) in [6.45, 7) is 4.06. The summed E-state index contributed by atoms with van der Waals surface area (Å²) in [5, 5.41) is 16.5. The minimum absolute atomic E-state index is 0.157. The molecule has 7 nitrogen and oxygen atoms in total. The van der Waals surface area contributed by atoms with Crippen molar-refractivity contribution in [2.75, 3.05) is 5.32 Å². The van der Waals surface area contributed by atoms with Crippen molar-refractivity contribution < 1.29 is 4.52 Å². The number of hydrogen-bond acceptors (Lipinski definition) is 7. The number of hydrogen-bond donors (Lipinski definition) is 1. The Morgan fingerprint density at radius 3 is 2.67 bits per heavy atom.